The lowest BCUT2D eigenvalue weighted by atomic mass is 10.2. The van der Waals surface area contributed by atoms with E-state index in [4.69, 9.17) is 10.2 Å². The second kappa shape index (κ2) is 4.76. The van der Waals surface area contributed by atoms with Gasteiger partial charge in [0.2, 0.25) is 0 Å². The van der Waals surface area contributed by atoms with E-state index in [1.165, 1.54) is 6.07 Å². The third-order valence-corrected chi connectivity index (χ3v) is 2.76. The minimum Gasteiger partial charge on any atom is -0.441 e. The Bertz CT molecular complexity index is 498. The summed E-state index contributed by atoms with van der Waals surface area (Å²) in [5.41, 5.74) is 6.05. The van der Waals surface area contributed by atoms with Crippen LogP contribution in [0.5, 0.6) is 0 Å². The zero-order chi connectivity index (χ0) is 11.5. The number of hydrogen-bond donors (Lipinski definition) is 1. The molecular weight excluding hydrogens is 275 g/mol. The number of rotatable bonds is 3. The number of benzene rings is 1. The van der Waals surface area contributed by atoms with Gasteiger partial charge in [-0.1, -0.05) is 0 Å². The molecule has 0 unspecified atom stereocenters. The van der Waals surface area contributed by atoms with Gasteiger partial charge in [-0.25, -0.2) is 9.37 Å². The molecule has 2 N–H and O–H groups in total. The molecule has 1 aromatic carbocycles. The summed E-state index contributed by atoms with van der Waals surface area (Å²) in [4.78, 5) is 4.05. The molecule has 3 nitrogen and oxygen atoms in total. The van der Waals surface area contributed by atoms with Crippen molar-refractivity contribution in [1.82, 2.24) is 4.98 Å². The molecule has 0 bridgehead atoms. The number of halogens is 2. The van der Waals surface area contributed by atoms with Gasteiger partial charge >= 0.3 is 0 Å². The van der Waals surface area contributed by atoms with Crippen LogP contribution < -0.4 is 5.73 Å². The zero-order valence-corrected chi connectivity index (χ0v) is 10.00. The highest BCUT2D eigenvalue weighted by Gasteiger charge is 2.08. The molecule has 84 valence electrons. The molecule has 2 aromatic rings. The molecule has 0 radical (unpaired) electrons. The van der Waals surface area contributed by atoms with Crippen molar-refractivity contribution in [2.24, 2.45) is 5.73 Å². The van der Waals surface area contributed by atoms with Crippen LogP contribution in [0.2, 0.25) is 0 Å². The lowest BCUT2D eigenvalue weighted by Gasteiger charge is -1.98. The fourth-order valence-corrected chi connectivity index (χ4v) is 1.58. The van der Waals surface area contributed by atoms with Crippen LogP contribution in [0.3, 0.4) is 0 Å². The number of nitrogens with zero attached hydrogens (tertiary/aromatic N) is 1. The van der Waals surface area contributed by atoms with Crippen LogP contribution in [0.1, 0.15) is 5.89 Å². The van der Waals surface area contributed by atoms with Gasteiger partial charge in [-0.3, -0.25) is 0 Å². The van der Waals surface area contributed by atoms with Crippen LogP contribution in [0.25, 0.3) is 11.3 Å². The predicted molar refractivity (Wildman–Crippen MR) is 62.4 cm³/mol. The molecule has 0 amide bonds. The average Bonchev–Trinajstić information content (AvgIpc) is 2.71. The monoisotopic (exact) mass is 284 g/mol. The largest absolute Gasteiger partial charge is 0.441 e. The molecule has 0 spiro atoms. The Morgan fingerprint density at radius 3 is 2.94 bits per heavy atom. The summed E-state index contributed by atoms with van der Waals surface area (Å²) < 4.78 is 19.2. The van der Waals surface area contributed by atoms with Gasteiger partial charge in [-0.05, 0) is 34.1 Å². The van der Waals surface area contributed by atoms with Crippen LogP contribution in [0.4, 0.5) is 4.39 Å². The van der Waals surface area contributed by atoms with E-state index in [0.29, 0.717) is 34.7 Å². The predicted octanol–water partition coefficient (Wildman–Crippen LogP) is 2.74. The third-order valence-electron chi connectivity index (χ3n) is 2.12. The van der Waals surface area contributed by atoms with E-state index in [2.05, 4.69) is 20.9 Å². The Labute approximate surface area is 101 Å². The van der Waals surface area contributed by atoms with Gasteiger partial charge in [0.15, 0.2) is 11.7 Å². The lowest BCUT2D eigenvalue weighted by molar-refractivity contribution is 0.507. The summed E-state index contributed by atoms with van der Waals surface area (Å²) in [6, 6.07) is 4.80. The van der Waals surface area contributed by atoms with E-state index in [1.54, 1.807) is 18.3 Å². The summed E-state index contributed by atoms with van der Waals surface area (Å²) >= 11 is 3.09. The maximum absolute atomic E-state index is 13.3. The van der Waals surface area contributed by atoms with Crippen molar-refractivity contribution in [1.29, 1.82) is 0 Å². The second-order valence-corrected chi connectivity index (χ2v) is 4.14. The third kappa shape index (κ3) is 2.31. The van der Waals surface area contributed by atoms with Crippen molar-refractivity contribution in [3.8, 4) is 11.3 Å². The molecule has 16 heavy (non-hydrogen) atoms. The maximum atomic E-state index is 13.3. The van der Waals surface area contributed by atoms with Crippen LogP contribution >= 0.6 is 15.9 Å². The summed E-state index contributed by atoms with van der Waals surface area (Å²) in [6.07, 6.45) is 2.16. The van der Waals surface area contributed by atoms with Gasteiger partial charge in [-0.15, -0.1) is 0 Å². The fourth-order valence-electron chi connectivity index (χ4n) is 1.33. The van der Waals surface area contributed by atoms with Gasteiger partial charge in [0.1, 0.15) is 5.82 Å². The van der Waals surface area contributed by atoms with Crippen molar-refractivity contribution >= 4 is 15.9 Å². The molecular formula is C11H10BrFN2O. The molecule has 0 aliphatic carbocycles. The Hall–Kier alpha value is -1.20. The molecule has 1 aromatic heterocycles. The van der Waals surface area contributed by atoms with E-state index in [0.717, 1.165) is 0 Å². The molecule has 0 saturated carbocycles. The Balaban J connectivity index is 2.31. The van der Waals surface area contributed by atoms with E-state index in [1.807, 2.05) is 0 Å². The van der Waals surface area contributed by atoms with Gasteiger partial charge in [0, 0.05) is 18.5 Å². The van der Waals surface area contributed by atoms with E-state index < -0.39 is 0 Å². The number of nitrogens with two attached hydrogens (primary N) is 1. The van der Waals surface area contributed by atoms with E-state index in [9.17, 15) is 4.39 Å². The molecule has 0 atom stereocenters. The van der Waals surface area contributed by atoms with Crippen molar-refractivity contribution in [3.05, 3.63) is 40.6 Å². The van der Waals surface area contributed by atoms with Gasteiger partial charge in [-0.2, -0.15) is 0 Å². The SMILES string of the molecule is NCCc1ncc(-c2ccc(Br)c(F)c2)o1. The number of hydrogen-bond acceptors (Lipinski definition) is 3. The highest BCUT2D eigenvalue weighted by atomic mass is 79.9. The maximum Gasteiger partial charge on any atom is 0.196 e. The summed E-state index contributed by atoms with van der Waals surface area (Å²) in [6.45, 7) is 0.481. The first-order valence-corrected chi connectivity index (χ1v) is 5.60. The normalized spacial score (nSPS) is 10.7. The Kier molecular flexibility index (Phi) is 3.36. The molecule has 0 fully saturated rings. The van der Waals surface area contributed by atoms with Crippen LogP contribution in [0, 0.1) is 5.82 Å². The summed E-state index contributed by atoms with van der Waals surface area (Å²) in [5.74, 6) is 0.796. The highest BCUT2D eigenvalue weighted by Crippen LogP contribution is 2.25. The second-order valence-electron chi connectivity index (χ2n) is 3.29. The number of aromatic nitrogens is 1. The number of oxazole rings is 1. The molecule has 5 heteroatoms. The van der Waals surface area contributed by atoms with E-state index >= 15 is 0 Å². The first kappa shape index (κ1) is 11.3. The van der Waals surface area contributed by atoms with Crippen molar-refractivity contribution < 1.29 is 8.81 Å². The molecule has 0 saturated heterocycles. The fraction of sp³-hybridized carbons (Fsp3) is 0.182. The quantitative estimate of drug-likeness (QED) is 0.943. The minimum absolute atomic E-state index is 0.325. The molecule has 0 aliphatic rings. The van der Waals surface area contributed by atoms with Crippen molar-refractivity contribution in [2.45, 2.75) is 6.42 Å². The Morgan fingerprint density at radius 2 is 2.25 bits per heavy atom. The highest BCUT2D eigenvalue weighted by molar-refractivity contribution is 9.10. The average molecular weight is 285 g/mol. The summed E-state index contributed by atoms with van der Waals surface area (Å²) in [5, 5.41) is 0. The molecule has 0 aliphatic heterocycles. The van der Waals surface area contributed by atoms with Gasteiger partial charge < -0.3 is 10.2 Å². The zero-order valence-electron chi connectivity index (χ0n) is 8.41. The minimum atomic E-state index is -0.325. The first-order chi connectivity index (χ1) is 7.70. The standard InChI is InChI=1S/C11H10BrFN2O/c12-8-2-1-7(5-9(8)13)10-6-15-11(16-10)3-4-14/h1-2,5-6H,3-4,14H2. The topological polar surface area (TPSA) is 52.0 Å². The van der Waals surface area contributed by atoms with Crippen LogP contribution in [-0.4, -0.2) is 11.5 Å². The molecule has 2 rings (SSSR count). The van der Waals surface area contributed by atoms with Crippen LogP contribution in [0.15, 0.2) is 33.3 Å². The van der Waals surface area contributed by atoms with Gasteiger partial charge in [0.25, 0.3) is 0 Å². The van der Waals surface area contributed by atoms with Crippen molar-refractivity contribution in [2.75, 3.05) is 6.54 Å². The summed E-state index contributed by atoms with van der Waals surface area (Å²) in [7, 11) is 0. The molecule has 1 heterocycles. The lowest BCUT2D eigenvalue weighted by Crippen LogP contribution is -2.02. The van der Waals surface area contributed by atoms with E-state index in [-0.39, 0.29) is 5.82 Å². The smallest absolute Gasteiger partial charge is 0.196 e. The van der Waals surface area contributed by atoms with Crippen molar-refractivity contribution in [3.63, 3.8) is 0 Å². The first-order valence-electron chi connectivity index (χ1n) is 4.81. The van der Waals surface area contributed by atoms with Gasteiger partial charge in [0.05, 0.1) is 10.7 Å². The van der Waals surface area contributed by atoms with Crippen LogP contribution in [-0.2, 0) is 6.42 Å². The Morgan fingerprint density at radius 1 is 1.44 bits per heavy atom.